The molecule has 2 rings (SSSR count). The molecule has 1 atom stereocenters. The molecule has 2 aliphatic rings. The van der Waals surface area contributed by atoms with Crippen molar-refractivity contribution in [3.8, 4) is 0 Å². The Labute approximate surface area is 106 Å². The fourth-order valence-corrected chi connectivity index (χ4v) is 2.84. The van der Waals surface area contributed by atoms with E-state index in [1.807, 2.05) is 0 Å². The minimum atomic E-state index is 0.711. The highest BCUT2D eigenvalue weighted by Crippen LogP contribution is 2.32. The van der Waals surface area contributed by atoms with Crippen molar-refractivity contribution in [3.63, 3.8) is 0 Å². The molecule has 0 N–H and O–H groups in total. The highest BCUT2D eigenvalue weighted by atomic mass is 15.2. The predicted molar refractivity (Wildman–Crippen MR) is 73.8 cm³/mol. The molecule has 0 aromatic rings. The zero-order valence-corrected chi connectivity index (χ0v) is 11.5. The van der Waals surface area contributed by atoms with Gasteiger partial charge in [0.15, 0.2) is 0 Å². The molecule has 1 aliphatic heterocycles. The van der Waals surface area contributed by atoms with E-state index in [9.17, 15) is 0 Å². The first kappa shape index (κ1) is 12.5. The summed E-state index contributed by atoms with van der Waals surface area (Å²) >= 11 is 0. The summed E-state index contributed by atoms with van der Waals surface area (Å²) in [6, 6.07) is 0.826. The van der Waals surface area contributed by atoms with Gasteiger partial charge in [-0.25, -0.2) is 0 Å². The Balaban J connectivity index is 2.32. The Morgan fingerprint density at radius 1 is 1.35 bits per heavy atom. The molecular weight excluding hydrogens is 206 g/mol. The normalized spacial score (nSPS) is 26.5. The minimum Gasteiger partial charge on any atom is -0.366 e. The lowest BCUT2D eigenvalue weighted by Crippen LogP contribution is -2.26. The second-order valence-electron chi connectivity index (χ2n) is 5.34. The van der Waals surface area contributed by atoms with Crippen LogP contribution < -0.4 is 0 Å². The highest BCUT2D eigenvalue weighted by Gasteiger charge is 2.29. The van der Waals surface area contributed by atoms with Gasteiger partial charge in [0, 0.05) is 12.6 Å². The van der Waals surface area contributed by atoms with Gasteiger partial charge in [0.1, 0.15) is 0 Å². The quantitative estimate of drug-likeness (QED) is 0.655. The van der Waals surface area contributed by atoms with E-state index >= 15 is 0 Å². The molecule has 0 bridgehead atoms. The van der Waals surface area contributed by atoms with Crippen molar-refractivity contribution in [3.05, 3.63) is 29.2 Å². The fraction of sp³-hybridized carbons (Fsp3) is 0.688. The van der Waals surface area contributed by atoms with Crippen LogP contribution in [0.25, 0.3) is 0 Å². The van der Waals surface area contributed by atoms with Gasteiger partial charge >= 0.3 is 0 Å². The van der Waals surface area contributed by atoms with E-state index in [2.05, 4.69) is 43.6 Å². The molecule has 1 fully saturated rings. The number of allylic oxidation sites excluding steroid dienone is 3. The van der Waals surface area contributed by atoms with Crippen molar-refractivity contribution >= 4 is 0 Å². The maximum Gasteiger partial charge on any atom is 0.0538 e. The second-order valence-corrected chi connectivity index (χ2v) is 5.34. The Morgan fingerprint density at radius 2 is 2.12 bits per heavy atom. The summed E-state index contributed by atoms with van der Waals surface area (Å²) in [7, 11) is 0. The van der Waals surface area contributed by atoms with Gasteiger partial charge in [-0.2, -0.15) is 0 Å². The smallest absolute Gasteiger partial charge is 0.0538 e. The Morgan fingerprint density at radius 3 is 2.71 bits per heavy atom. The van der Waals surface area contributed by atoms with Crippen LogP contribution in [0.4, 0.5) is 0 Å². The van der Waals surface area contributed by atoms with Gasteiger partial charge in [-0.1, -0.05) is 24.8 Å². The zero-order chi connectivity index (χ0) is 12.3. The molecule has 0 aromatic carbocycles. The van der Waals surface area contributed by atoms with Crippen LogP contribution >= 0.6 is 0 Å². The first-order valence-corrected chi connectivity index (χ1v) is 7.13. The molecule has 0 amide bonds. The van der Waals surface area contributed by atoms with Crippen molar-refractivity contribution in [2.45, 2.75) is 58.9 Å². The fourth-order valence-electron chi connectivity index (χ4n) is 2.84. The number of rotatable bonds is 3. The van der Waals surface area contributed by atoms with E-state index in [4.69, 9.17) is 0 Å². The first-order valence-electron chi connectivity index (χ1n) is 7.13. The molecule has 1 unspecified atom stereocenters. The summed E-state index contributed by atoms with van der Waals surface area (Å²) in [5, 5.41) is 0. The topological polar surface area (TPSA) is 3.24 Å². The maximum absolute atomic E-state index is 3.66. The van der Waals surface area contributed by atoms with Crippen LogP contribution in [-0.2, 0) is 0 Å². The van der Waals surface area contributed by atoms with Crippen LogP contribution in [0.5, 0.6) is 0 Å². The molecule has 1 saturated carbocycles. The number of hydrogen-bond acceptors (Lipinski definition) is 1. The van der Waals surface area contributed by atoms with E-state index in [0.29, 0.717) is 5.92 Å². The SMILES string of the molecule is CC=CC1=C=C(C)N(C2CC2)CCCC1CC. The molecular formula is C16H25N. The van der Waals surface area contributed by atoms with Crippen molar-refractivity contribution in [1.82, 2.24) is 4.90 Å². The summed E-state index contributed by atoms with van der Waals surface area (Å²) in [6.07, 6.45) is 11.1. The number of hydrogen-bond donors (Lipinski definition) is 0. The molecule has 94 valence electrons. The summed E-state index contributed by atoms with van der Waals surface area (Å²) in [5.41, 5.74) is 6.44. The molecule has 1 nitrogen and oxygen atoms in total. The molecule has 1 heterocycles. The van der Waals surface area contributed by atoms with Crippen LogP contribution in [-0.4, -0.2) is 17.5 Å². The Kier molecular flexibility index (Phi) is 4.12. The van der Waals surface area contributed by atoms with Crippen LogP contribution in [0.2, 0.25) is 0 Å². The third-order valence-electron chi connectivity index (χ3n) is 3.97. The molecule has 0 radical (unpaired) electrons. The molecule has 0 saturated heterocycles. The van der Waals surface area contributed by atoms with Crippen LogP contribution in [0.1, 0.15) is 52.9 Å². The second kappa shape index (κ2) is 5.60. The first-order chi connectivity index (χ1) is 8.26. The lowest BCUT2D eigenvalue weighted by atomic mass is 9.90. The largest absolute Gasteiger partial charge is 0.366 e. The Bertz CT molecular complexity index is 354. The monoisotopic (exact) mass is 231 g/mol. The van der Waals surface area contributed by atoms with Crippen molar-refractivity contribution < 1.29 is 0 Å². The van der Waals surface area contributed by atoms with E-state index in [-0.39, 0.29) is 0 Å². The minimum absolute atomic E-state index is 0.711. The van der Waals surface area contributed by atoms with Crippen LogP contribution in [0.3, 0.4) is 0 Å². The summed E-state index contributed by atoms with van der Waals surface area (Å²) in [6.45, 7) is 7.88. The van der Waals surface area contributed by atoms with Crippen LogP contribution in [0, 0.1) is 5.92 Å². The summed E-state index contributed by atoms with van der Waals surface area (Å²) < 4.78 is 0. The van der Waals surface area contributed by atoms with Gasteiger partial charge in [0.2, 0.25) is 0 Å². The van der Waals surface area contributed by atoms with Gasteiger partial charge < -0.3 is 4.90 Å². The van der Waals surface area contributed by atoms with E-state index in [1.165, 1.54) is 49.9 Å². The standard InChI is InChI=1S/C16H25N/c1-4-7-15-12-13(3)17(16-9-10-16)11-6-8-14(15)5-2/h4,7,14,16H,5-6,8-11H2,1-3H3. The number of nitrogens with zero attached hydrogens (tertiary/aromatic N) is 1. The van der Waals surface area contributed by atoms with Gasteiger partial charge in [-0.3, -0.25) is 0 Å². The third kappa shape index (κ3) is 3.04. The molecule has 17 heavy (non-hydrogen) atoms. The summed E-state index contributed by atoms with van der Waals surface area (Å²) in [4.78, 5) is 2.58. The maximum atomic E-state index is 3.66. The lowest BCUT2D eigenvalue weighted by Gasteiger charge is -2.27. The van der Waals surface area contributed by atoms with Gasteiger partial charge in [-0.05, 0) is 57.4 Å². The molecule has 1 heteroatoms. The third-order valence-corrected chi connectivity index (χ3v) is 3.97. The van der Waals surface area contributed by atoms with Crippen molar-refractivity contribution in [2.24, 2.45) is 5.92 Å². The average Bonchev–Trinajstić information content (AvgIpc) is 3.10. The molecule has 0 spiro atoms. The van der Waals surface area contributed by atoms with Gasteiger partial charge in [-0.15, -0.1) is 0 Å². The molecule has 1 aliphatic carbocycles. The predicted octanol–water partition coefficient (Wildman–Crippen LogP) is 4.28. The van der Waals surface area contributed by atoms with E-state index in [0.717, 1.165) is 6.04 Å². The van der Waals surface area contributed by atoms with Crippen molar-refractivity contribution in [2.75, 3.05) is 6.54 Å². The highest BCUT2D eigenvalue weighted by molar-refractivity contribution is 5.24. The Hall–Kier alpha value is -0.940. The lowest BCUT2D eigenvalue weighted by molar-refractivity contribution is 0.312. The van der Waals surface area contributed by atoms with E-state index in [1.54, 1.807) is 0 Å². The van der Waals surface area contributed by atoms with Gasteiger partial charge in [0.25, 0.3) is 0 Å². The van der Waals surface area contributed by atoms with E-state index < -0.39 is 0 Å². The zero-order valence-electron chi connectivity index (χ0n) is 11.5. The summed E-state index contributed by atoms with van der Waals surface area (Å²) in [5.74, 6) is 0.711. The van der Waals surface area contributed by atoms with Crippen molar-refractivity contribution in [1.29, 1.82) is 0 Å². The average molecular weight is 231 g/mol. The van der Waals surface area contributed by atoms with Crippen LogP contribution in [0.15, 0.2) is 29.2 Å². The van der Waals surface area contributed by atoms with Gasteiger partial charge in [0.05, 0.1) is 5.70 Å². The molecule has 0 aromatic heterocycles.